The number of rotatable bonds is 4. The van der Waals surface area contributed by atoms with Crippen LogP contribution in [-0.2, 0) is 28.3 Å². The molecule has 1 aromatic carbocycles. The summed E-state index contributed by atoms with van der Waals surface area (Å²) in [5.74, 6) is -0.0352. The van der Waals surface area contributed by atoms with Crippen molar-refractivity contribution in [2.75, 3.05) is 26.2 Å². The van der Waals surface area contributed by atoms with Crippen LogP contribution >= 0.6 is 23.2 Å². The molecule has 0 atom stereocenters. The third kappa shape index (κ3) is 3.91. The van der Waals surface area contributed by atoms with Crippen molar-refractivity contribution in [1.29, 1.82) is 0 Å². The number of halogens is 2. The molecule has 1 aliphatic heterocycles. The van der Waals surface area contributed by atoms with Crippen LogP contribution in [-0.4, -0.2) is 59.5 Å². The fraction of sp³-hybridized carbons (Fsp3) is 0.444. The van der Waals surface area contributed by atoms with Gasteiger partial charge in [-0.05, 0) is 26.0 Å². The zero-order valence-corrected chi connectivity index (χ0v) is 18.3. The van der Waals surface area contributed by atoms with E-state index >= 15 is 0 Å². The van der Waals surface area contributed by atoms with Crippen molar-refractivity contribution in [3.8, 4) is 0 Å². The average Bonchev–Trinajstić information content (AvgIpc) is 2.87. The van der Waals surface area contributed by atoms with Gasteiger partial charge in [0, 0.05) is 44.5 Å². The summed E-state index contributed by atoms with van der Waals surface area (Å²) in [7, 11) is -1.98. The van der Waals surface area contributed by atoms with E-state index < -0.39 is 10.0 Å². The molecule has 0 unspecified atom stereocenters. The Labute approximate surface area is 174 Å². The first-order valence-corrected chi connectivity index (χ1v) is 11.0. The van der Waals surface area contributed by atoms with Crippen molar-refractivity contribution in [3.63, 3.8) is 0 Å². The van der Waals surface area contributed by atoms with E-state index in [0.717, 1.165) is 17.0 Å². The smallest absolute Gasteiger partial charge is 0.246 e. The molecule has 0 saturated carbocycles. The molecule has 0 radical (unpaired) electrons. The number of carbonyl (C=O) groups excluding carboxylic acids is 1. The number of sulfonamides is 1. The molecule has 1 aromatic heterocycles. The van der Waals surface area contributed by atoms with Crippen molar-refractivity contribution in [1.82, 2.24) is 19.0 Å². The summed E-state index contributed by atoms with van der Waals surface area (Å²) in [5.41, 5.74) is 2.72. The van der Waals surface area contributed by atoms with Gasteiger partial charge in [0.15, 0.2) is 0 Å². The summed E-state index contributed by atoms with van der Waals surface area (Å²) in [4.78, 5) is 14.3. The molecule has 2 aromatic rings. The number of nitrogens with zero attached hydrogens (tertiary/aromatic N) is 4. The molecule has 1 saturated heterocycles. The van der Waals surface area contributed by atoms with Crippen LogP contribution in [0.5, 0.6) is 0 Å². The van der Waals surface area contributed by atoms with Crippen LogP contribution in [0.4, 0.5) is 0 Å². The van der Waals surface area contributed by atoms with Gasteiger partial charge in [-0.3, -0.25) is 9.48 Å². The fourth-order valence-electron chi connectivity index (χ4n) is 3.37. The van der Waals surface area contributed by atoms with Gasteiger partial charge >= 0.3 is 0 Å². The van der Waals surface area contributed by atoms with Gasteiger partial charge in [0.2, 0.25) is 15.9 Å². The average molecular weight is 445 g/mol. The number of aromatic nitrogens is 2. The maximum atomic E-state index is 12.9. The van der Waals surface area contributed by atoms with Crippen LogP contribution in [0.3, 0.4) is 0 Å². The monoisotopic (exact) mass is 444 g/mol. The number of hydrogen-bond donors (Lipinski definition) is 0. The fourth-order valence-corrected chi connectivity index (χ4v) is 5.89. The molecule has 1 fully saturated rings. The normalized spacial score (nSPS) is 15.8. The second-order valence-electron chi connectivity index (χ2n) is 6.79. The molecule has 0 bridgehead atoms. The molecule has 28 heavy (non-hydrogen) atoms. The molecular weight excluding hydrogens is 423 g/mol. The Hall–Kier alpha value is -1.61. The van der Waals surface area contributed by atoms with Crippen molar-refractivity contribution < 1.29 is 13.2 Å². The second kappa shape index (κ2) is 8.02. The predicted octanol–water partition coefficient (Wildman–Crippen LogP) is 2.42. The third-order valence-corrected chi connectivity index (χ3v) is 7.95. The van der Waals surface area contributed by atoms with E-state index in [4.69, 9.17) is 23.2 Å². The minimum Gasteiger partial charge on any atom is -0.340 e. The van der Waals surface area contributed by atoms with Crippen LogP contribution in [0.15, 0.2) is 23.1 Å². The summed E-state index contributed by atoms with van der Waals surface area (Å²) in [5, 5.41) is 4.52. The van der Waals surface area contributed by atoms with Gasteiger partial charge < -0.3 is 4.90 Å². The molecule has 3 rings (SSSR count). The molecule has 0 aliphatic carbocycles. The maximum absolute atomic E-state index is 12.9. The highest BCUT2D eigenvalue weighted by molar-refractivity contribution is 7.89. The molecule has 10 heteroatoms. The summed E-state index contributed by atoms with van der Waals surface area (Å²) in [6.07, 6.45) is 0.259. The molecular formula is C18H22Cl2N4O3S. The predicted molar refractivity (Wildman–Crippen MR) is 108 cm³/mol. The van der Waals surface area contributed by atoms with Gasteiger partial charge in [0.25, 0.3) is 0 Å². The molecule has 2 heterocycles. The van der Waals surface area contributed by atoms with Gasteiger partial charge in [-0.15, -0.1) is 0 Å². The Bertz CT molecular complexity index is 992. The Morgan fingerprint density at radius 2 is 1.68 bits per heavy atom. The Morgan fingerprint density at radius 3 is 2.18 bits per heavy atom. The van der Waals surface area contributed by atoms with Gasteiger partial charge in [-0.2, -0.15) is 9.40 Å². The minimum atomic E-state index is -3.82. The lowest BCUT2D eigenvalue weighted by molar-refractivity contribution is -0.131. The van der Waals surface area contributed by atoms with E-state index in [2.05, 4.69) is 5.10 Å². The lowest BCUT2D eigenvalue weighted by Crippen LogP contribution is -2.51. The van der Waals surface area contributed by atoms with E-state index in [0.29, 0.717) is 13.1 Å². The third-order valence-electron chi connectivity index (χ3n) is 5.10. The van der Waals surface area contributed by atoms with E-state index in [9.17, 15) is 13.2 Å². The summed E-state index contributed by atoms with van der Waals surface area (Å²) in [6, 6.07) is 4.60. The van der Waals surface area contributed by atoms with Crippen molar-refractivity contribution in [2.24, 2.45) is 7.05 Å². The summed E-state index contributed by atoms with van der Waals surface area (Å²) >= 11 is 12.1. The Morgan fingerprint density at radius 1 is 1.11 bits per heavy atom. The highest BCUT2D eigenvalue weighted by atomic mass is 35.5. The number of piperazine rings is 1. The van der Waals surface area contributed by atoms with Crippen LogP contribution in [0.2, 0.25) is 10.0 Å². The zero-order chi connectivity index (χ0) is 20.6. The van der Waals surface area contributed by atoms with Crippen molar-refractivity contribution in [3.05, 3.63) is 45.2 Å². The van der Waals surface area contributed by atoms with Crippen LogP contribution in [0, 0.1) is 13.8 Å². The number of benzene rings is 1. The van der Waals surface area contributed by atoms with Crippen molar-refractivity contribution in [2.45, 2.75) is 25.2 Å². The van der Waals surface area contributed by atoms with E-state index in [1.165, 1.54) is 16.4 Å². The summed E-state index contributed by atoms with van der Waals surface area (Å²) in [6.45, 7) is 4.84. The number of aryl methyl sites for hydroxylation is 2. The van der Waals surface area contributed by atoms with Gasteiger partial charge in [0.05, 0.1) is 22.2 Å². The van der Waals surface area contributed by atoms with Crippen LogP contribution < -0.4 is 0 Å². The van der Waals surface area contributed by atoms with E-state index in [1.54, 1.807) is 15.6 Å². The first kappa shape index (κ1) is 21.1. The zero-order valence-electron chi connectivity index (χ0n) is 15.9. The highest BCUT2D eigenvalue weighted by Crippen LogP contribution is 2.32. The topological polar surface area (TPSA) is 75.5 Å². The first-order valence-electron chi connectivity index (χ1n) is 8.84. The summed E-state index contributed by atoms with van der Waals surface area (Å²) < 4.78 is 28.9. The quantitative estimate of drug-likeness (QED) is 0.725. The molecule has 1 aliphatic rings. The number of amides is 1. The van der Waals surface area contributed by atoms with Gasteiger partial charge in [-0.1, -0.05) is 29.3 Å². The second-order valence-corrected chi connectivity index (χ2v) is 9.47. The van der Waals surface area contributed by atoms with E-state index in [-0.39, 0.29) is 40.4 Å². The number of carbonyl (C=O) groups is 1. The van der Waals surface area contributed by atoms with Gasteiger partial charge in [-0.25, -0.2) is 8.42 Å². The van der Waals surface area contributed by atoms with Crippen molar-refractivity contribution >= 4 is 39.1 Å². The van der Waals surface area contributed by atoms with Gasteiger partial charge in [0.1, 0.15) is 4.90 Å². The minimum absolute atomic E-state index is 0.0352. The molecule has 7 nitrogen and oxygen atoms in total. The lowest BCUT2D eigenvalue weighted by atomic mass is 10.1. The van der Waals surface area contributed by atoms with E-state index in [1.807, 2.05) is 20.9 Å². The Balaban J connectivity index is 1.69. The molecule has 0 spiro atoms. The lowest BCUT2D eigenvalue weighted by Gasteiger charge is -2.34. The standard InChI is InChI=1S/C18H22Cl2N4O3S/c1-12-14(13(2)22(3)21-12)11-17(25)23-7-9-24(10-8-23)28(26,27)18-15(19)5-4-6-16(18)20/h4-6H,7-11H2,1-3H3. The highest BCUT2D eigenvalue weighted by Gasteiger charge is 2.33. The maximum Gasteiger partial charge on any atom is 0.246 e. The number of hydrogen-bond acceptors (Lipinski definition) is 4. The SMILES string of the molecule is Cc1nn(C)c(C)c1CC(=O)N1CCN(S(=O)(=O)c2c(Cl)cccc2Cl)CC1. The Kier molecular flexibility index (Phi) is 6.05. The molecule has 152 valence electrons. The largest absolute Gasteiger partial charge is 0.340 e. The van der Waals surface area contributed by atoms with Crippen LogP contribution in [0.25, 0.3) is 0 Å². The van der Waals surface area contributed by atoms with Crippen LogP contribution in [0.1, 0.15) is 17.0 Å². The molecule has 0 N–H and O–H groups in total. The molecule has 1 amide bonds. The first-order chi connectivity index (χ1) is 13.1.